The van der Waals surface area contributed by atoms with Crippen LogP contribution in [0.5, 0.6) is 0 Å². The Kier molecular flexibility index (Phi) is 2.82. The molecule has 4 nitrogen and oxygen atoms in total. The average molecular weight is 256 g/mol. The molecular formula is C15H20N4. The van der Waals surface area contributed by atoms with Crippen molar-refractivity contribution in [2.75, 3.05) is 5.73 Å². The second kappa shape index (κ2) is 4.38. The van der Waals surface area contributed by atoms with Crippen LogP contribution in [-0.2, 0) is 26.7 Å². The van der Waals surface area contributed by atoms with Gasteiger partial charge in [-0.15, -0.1) is 0 Å². The third-order valence-corrected chi connectivity index (χ3v) is 4.13. The van der Waals surface area contributed by atoms with E-state index in [2.05, 4.69) is 29.9 Å². The van der Waals surface area contributed by atoms with Crippen LogP contribution in [-0.4, -0.2) is 14.7 Å². The first-order valence-corrected chi connectivity index (χ1v) is 6.64. The Bertz CT molecular complexity index is 627. The predicted molar refractivity (Wildman–Crippen MR) is 76.5 cm³/mol. The van der Waals surface area contributed by atoms with Crippen molar-refractivity contribution in [2.45, 2.75) is 33.5 Å². The van der Waals surface area contributed by atoms with E-state index in [1.165, 1.54) is 22.4 Å². The number of aromatic nitrogens is 2. The Morgan fingerprint density at radius 2 is 2.05 bits per heavy atom. The van der Waals surface area contributed by atoms with Crippen molar-refractivity contribution in [3.05, 3.63) is 46.3 Å². The molecule has 0 fully saturated rings. The van der Waals surface area contributed by atoms with E-state index in [1.807, 2.05) is 23.9 Å². The number of rotatable bonds is 2. The molecule has 0 radical (unpaired) electrons. The fraction of sp³-hybridized carbons (Fsp3) is 0.400. The van der Waals surface area contributed by atoms with Gasteiger partial charge in [0.05, 0.1) is 5.69 Å². The summed E-state index contributed by atoms with van der Waals surface area (Å²) >= 11 is 0. The van der Waals surface area contributed by atoms with Gasteiger partial charge < -0.3 is 5.73 Å². The van der Waals surface area contributed by atoms with E-state index >= 15 is 0 Å². The van der Waals surface area contributed by atoms with Crippen molar-refractivity contribution in [1.82, 2.24) is 14.7 Å². The number of anilines is 1. The summed E-state index contributed by atoms with van der Waals surface area (Å²) in [4.78, 5) is 2.43. The van der Waals surface area contributed by atoms with Gasteiger partial charge in [0, 0.05) is 43.6 Å². The van der Waals surface area contributed by atoms with Crippen molar-refractivity contribution in [3.8, 4) is 0 Å². The molecule has 0 spiro atoms. The van der Waals surface area contributed by atoms with Gasteiger partial charge in [-0.1, -0.05) is 12.1 Å². The lowest BCUT2D eigenvalue weighted by Gasteiger charge is -2.15. The van der Waals surface area contributed by atoms with Gasteiger partial charge in [0.15, 0.2) is 0 Å². The third-order valence-electron chi connectivity index (χ3n) is 4.13. The van der Waals surface area contributed by atoms with Gasteiger partial charge in [-0.05, 0) is 31.0 Å². The molecule has 2 heterocycles. The van der Waals surface area contributed by atoms with Crippen molar-refractivity contribution in [1.29, 1.82) is 0 Å². The van der Waals surface area contributed by atoms with Gasteiger partial charge in [0.25, 0.3) is 0 Å². The minimum atomic E-state index is 0.916. The SMILES string of the molecule is Cc1nn(C)c(C)c1CN1Cc2cccc(N)c2C1. The van der Waals surface area contributed by atoms with Gasteiger partial charge >= 0.3 is 0 Å². The Morgan fingerprint density at radius 1 is 1.26 bits per heavy atom. The van der Waals surface area contributed by atoms with Gasteiger partial charge in [-0.3, -0.25) is 9.58 Å². The quantitative estimate of drug-likeness (QED) is 0.837. The van der Waals surface area contributed by atoms with Gasteiger partial charge in [-0.25, -0.2) is 0 Å². The van der Waals surface area contributed by atoms with Crippen LogP contribution in [0.3, 0.4) is 0 Å². The van der Waals surface area contributed by atoms with Crippen LogP contribution in [0.25, 0.3) is 0 Å². The zero-order valence-electron chi connectivity index (χ0n) is 11.8. The highest BCUT2D eigenvalue weighted by Gasteiger charge is 2.22. The van der Waals surface area contributed by atoms with Crippen molar-refractivity contribution >= 4 is 5.69 Å². The molecule has 2 N–H and O–H groups in total. The molecule has 2 aromatic rings. The number of aryl methyl sites for hydroxylation is 2. The molecule has 100 valence electrons. The fourth-order valence-corrected chi connectivity index (χ4v) is 2.90. The Labute approximate surface area is 113 Å². The van der Waals surface area contributed by atoms with Crippen LogP contribution in [0.15, 0.2) is 18.2 Å². The van der Waals surface area contributed by atoms with Crippen LogP contribution in [0.2, 0.25) is 0 Å². The number of hydrogen-bond acceptors (Lipinski definition) is 3. The summed E-state index contributed by atoms with van der Waals surface area (Å²) in [6, 6.07) is 6.20. The van der Waals surface area contributed by atoms with Gasteiger partial charge in [-0.2, -0.15) is 5.10 Å². The largest absolute Gasteiger partial charge is 0.398 e. The maximum atomic E-state index is 6.05. The van der Waals surface area contributed by atoms with Gasteiger partial charge in [0.1, 0.15) is 0 Å². The molecule has 0 aliphatic carbocycles. The van der Waals surface area contributed by atoms with Crippen LogP contribution >= 0.6 is 0 Å². The highest BCUT2D eigenvalue weighted by Crippen LogP contribution is 2.29. The Morgan fingerprint density at radius 3 is 2.68 bits per heavy atom. The minimum Gasteiger partial charge on any atom is -0.398 e. The van der Waals surface area contributed by atoms with E-state index in [-0.39, 0.29) is 0 Å². The normalized spacial score (nSPS) is 14.9. The first kappa shape index (κ1) is 12.2. The number of nitrogen functional groups attached to an aromatic ring is 1. The van der Waals surface area contributed by atoms with Gasteiger partial charge in [0.2, 0.25) is 0 Å². The highest BCUT2D eigenvalue weighted by atomic mass is 15.3. The standard InChI is InChI=1S/C15H20N4/c1-10-13(11(2)18(3)17-10)8-19-7-12-5-4-6-15(16)14(12)9-19/h4-6H,7-9,16H2,1-3H3. The maximum absolute atomic E-state index is 6.05. The summed E-state index contributed by atoms with van der Waals surface area (Å²) in [7, 11) is 2.00. The number of fused-ring (bicyclic) bond motifs is 1. The molecule has 19 heavy (non-hydrogen) atoms. The smallest absolute Gasteiger partial charge is 0.0641 e. The lowest BCUT2D eigenvalue weighted by atomic mass is 10.1. The second-order valence-electron chi connectivity index (χ2n) is 5.40. The predicted octanol–water partition coefficient (Wildman–Crippen LogP) is 2.13. The molecule has 1 aliphatic heterocycles. The fourth-order valence-electron chi connectivity index (χ4n) is 2.90. The Balaban J connectivity index is 1.83. The minimum absolute atomic E-state index is 0.916. The molecule has 1 aromatic heterocycles. The van der Waals surface area contributed by atoms with E-state index in [4.69, 9.17) is 5.73 Å². The molecule has 4 heteroatoms. The zero-order valence-corrected chi connectivity index (χ0v) is 11.8. The van der Waals surface area contributed by atoms with E-state index in [1.54, 1.807) is 0 Å². The highest BCUT2D eigenvalue weighted by molar-refractivity contribution is 5.52. The first-order valence-electron chi connectivity index (χ1n) is 6.64. The number of nitrogens with zero attached hydrogens (tertiary/aromatic N) is 3. The second-order valence-corrected chi connectivity index (χ2v) is 5.40. The summed E-state index contributed by atoms with van der Waals surface area (Å²) in [5.41, 5.74) is 13.3. The van der Waals surface area contributed by atoms with E-state index in [0.29, 0.717) is 0 Å². The van der Waals surface area contributed by atoms with Crippen LogP contribution < -0.4 is 5.73 Å². The Hall–Kier alpha value is -1.81. The summed E-state index contributed by atoms with van der Waals surface area (Å²) < 4.78 is 1.96. The molecule has 0 saturated heterocycles. The van der Waals surface area contributed by atoms with Crippen molar-refractivity contribution in [2.24, 2.45) is 7.05 Å². The van der Waals surface area contributed by atoms with E-state index in [9.17, 15) is 0 Å². The number of nitrogens with two attached hydrogens (primary N) is 1. The molecule has 0 atom stereocenters. The van der Waals surface area contributed by atoms with Crippen LogP contribution in [0, 0.1) is 13.8 Å². The van der Waals surface area contributed by atoms with E-state index < -0.39 is 0 Å². The molecule has 0 unspecified atom stereocenters. The first-order chi connectivity index (χ1) is 9.06. The maximum Gasteiger partial charge on any atom is 0.0641 e. The molecule has 1 aromatic carbocycles. The zero-order chi connectivity index (χ0) is 13.6. The molecular weight excluding hydrogens is 236 g/mol. The lowest BCUT2D eigenvalue weighted by molar-refractivity contribution is 0.274. The van der Waals surface area contributed by atoms with Crippen LogP contribution in [0.1, 0.15) is 28.1 Å². The average Bonchev–Trinajstić information content (AvgIpc) is 2.88. The molecule has 0 amide bonds. The monoisotopic (exact) mass is 256 g/mol. The third kappa shape index (κ3) is 2.02. The molecule has 1 aliphatic rings. The van der Waals surface area contributed by atoms with Crippen molar-refractivity contribution in [3.63, 3.8) is 0 Å². The number of benzene rings is 1. The summed E-state index contributed by atoms with van der Waals surface area (Å²) in [6.07, 6.45) is 0. The molecule has 0 bridgehead atoms. The van der Waals surface area contributed by atoms with Crippen LogP contribution in [0.4, 0.5) is 5.69 Å². The van der Waals surface area contributed by atoms with E-state index in [0.717, 1.165) is 31.0 Å². The van der Waals surface area contributed by atoms with Crippen molar-refractivity contribution < 1.29 is 0 Å². The number of hydrogen-bond donors (Lipinski definition) is 1. The summed E-state index contributed by atoms with van der Waals surface area (Å²) in [6.45, 7) is 7.08. The lowest BCUT2D eigenvalue weighted by Crippen LogP contribution is -2.16. The topological polar surface area (TPSA) is 47.1 Å². The summed E-state index contributed by atoms with van der Waals surface area (Å²) in [5.74, 6) is 0. The molecule has 0 saturated carbocycles. The summed E-state index contributed by atoms with van der Waals surface area (Å²) in [5, 5.41) is 4.48. The molecule has 3 rings (SSSR count).